The van der Waals surface area contributed by atoms with E-state index in [9.17, 15) is 19.2 Å². The number of rotatable bonds is 4. The minimum Gasteiger partial charge on any atom is -0.292 e. The van der Waals surface area contributed by atoms with E-state index in [-0.39, 0.29) is 48.6 Å². The Morgan fingerprint density at radius 2 is 0.875 bits per heavy atom. The van der Waals surface area contributed by atoms with Crippen LogP contribution in [0.2, 0.25) is 0 Å². The van der Waals surface area contributed by atoms with Gasteiger partial charge in [-0.3, -0.25) is 29.0 Å². The molecule has 4 aliphatic rings. The van der Waals surface area contributed by atoms with Crippen LogP contribution < -0.4 is 9.80 Å². The molecule has 4 heterocycles. The molecule has 0 aromatic heterocycles. The first kappa shape index (κ1) is 21.3. The van der Waals surface area contributed by atoms with E-state index >= 15 is 0 Å². The molecule has 0 aliphatic carbocycles. The van der Waals surface area contributed by atoms with Crippen molar-refractivity contribution in [3.05, 3.63) is 24.3 Å². The van der Waals surface area contributed by atoms with Crippen LogP contribution in [0.1, 0.15) is 51.4 Å². The van der Waals surface area contributed by atoms with Gasteiger partial charge in [0.25, 0.3) is 11.8 Å². The highest BCUT2D eigenvalue weighted by molar-refractivity contribution is 6.24. The quantitative estimate of drug-likeness (QED) is 0.668. The van der Waals surface area contributed by atoms with Gasteiger partial charge in [-0.2, -0.15) is 0 Å². The molecule has 0 N–H and O–H groups in total. The summed E-state index contributed by atoms with van der Waals surface area (Å²) in [6.07, 6.45) is 6.99. The first-order valence-electron chi connectivity index (χ1n) is 11.9. The number of carbonyl (C=O) groups is 4. The standard InChI is InChI=1S/C24H30N4O4/c29-21-15-19(25-11-3-1-4-12-25)23(31)27(21)17-7-9-18(10-8-17)28-22(30)16-20(24(28)32)26-13-5-2-6-14-26/h7-10,19-20H,1-6,11-16H2. The van der Waals surface area contributed by atoms with Crippen molar-refractivity contribution in [3.8, 4) is 0 Å². The maximum Gasteiger partial charge on any atom is 0.251 e. The molecule has 0 spiro atoms. The highest BCUT2D eigenvalue weighted by Crippen LogP contribution is 2.31. The van der Waals surface area contributed by atoms with Gasteiger partial charge < -0.3 is 0 Å². The summed E-state index contributed by atoms with van der Waals surface area (Å²) >= 11 is 0. The van der Waals surface area contributed by atoms with Gasteiger partial charge in [0.2, 0.25) is 11.8 Å². The number of hydrogen-bond donors (Lipinski definition) is 0. The molecule has 4 aliphatic heterocycles. The fourth-order valence-electron chi connectivity index (χ4n) is 5.56. The van der Waals surface area contributed by atoms with E-state index in [0.29, 0.717) is 11.4 Å². The average molecular weight is 439 g/mol. The summed E-state index contributed by atoms with van der Waals surface area (Å²) in [5.41, 5.74) is 0.991. The van der Waals surface area contributed by atoms with Crippen molar-refractivity contribution in [3.63, 3.8) is 0 Å². The molecule has 1 aromatic rings. The van der Waals surface area contributed by atoms with Gasteiger partial charge in [-0.1, -0.05) is 12.8 Å². The molecule has 0 bridgehead atoms. The number of hydrogen-bond acceptors (Lipinski definition) is 6. The number of likely N-dealkylation sites (tertiary alicyclic amines) is 2. The lowest BCUT2D eigenvalue weighted by atomic mass is 10.1. The van der Waals surface area contributed by atoms with Crippen LogP contribution in [0.3, 0.4) is 0 Å². The lowest BCUT2D eigenvalue weighted by molar-refractivity contribution is -0.124. The molecular formula is C24H30N4O4. The van der Waals surface area contributed by atoms with Crippen molar-refractivity contribution in [2.45, 2.75) is 63.5 Å². The summed E-state index contributed by atoms with van der Waals surface area (Å²) in [6.45, 7) is 3.42. The number of carbonyl (C=O) groups excluding carboxylic acids is 4. The van der Waals surface area contributed by atoms with Crippen LogP contribution in [0.25, 0.3) is 0 Å². The Kier molecular flexibility index (Phi) is 5.82. The number of imide groups is 2. The van der Waals surface area contributed by atoms with Crippen LogP contribution in [0.15, 0.2) is 24.3 Å². The van der Waals surface area contributed by atoms with E-state index in [1.807, 2.05) is 0 Å². The van der Waals surface area contributed by atoms with Gasteiger partial charge in [0.15, 0.2) is 0 Å². The van der Waals surface area contributed by atoms with Crippen LogP contribution >= 0.6 is 0 Å². The Bertz CT molecular complexity index is 843. The minimum absolute atomic E-state index is 0.178. The Balaban J connectivity index is 1.31. The highest BCUT2D eigenvalue weighted by atomic mass is 16.2. The smallest absolute Gasteiger partial charge is 0.251 e. The Morgan fingerprint density at radius 1 is 0.531 bits per heavy atom. The third-order valence-electron chi connectivity index (χ3n) is 7.27. The zero-order chi connectivity index (χ0) is 22.2. The second-order valence-corrected chi connectivity index (χ2v) is 9.28. The van der Waals surface area contributed by atoms with E-state index in [1.54, 1.807) is 24.3 Å². The summed E-state index contributed by atoms with van der Waals surface area (Å²) in [5, 5.41) is 0. The van der Waals surface area contributed by atoms with Gasteiger partial charge in [-0.15, -0.1) is 0 Å². The van der Waals surface area contributed by atoms with Crippen LogP contribution in [0.5, 0.6) is 0 Å². The van der Waals surface area contributed by atoms with E-state index in [1.165, 1.54) is 22.6 Å². The molecular weight excluding hydrogens is 408 g/mol. The first-order valence-corrected chi connectivity index (χ1v) is 11.9. The normalized spacial score (nSPS) is 28.2. The Hall–Kier alpha value is -2.58. The van der Waals surface area contributed by atoms with Crippen LogP contribution in [-0.2, 0) is 19.2 Å². The molecule has 2 unspecified atom stereocenters. The molecule has 0 saturated carbocycles. The van der Waals surface area contributed by atoms with Gasteiger partial charge in [0.05, 0.1) is 36.3 Å². The average Bonchev–Trinajstić information content (AvgIpc) is 3.29. The monoisotopic (exact) mass is 438 g/mol. The second-order valence-electron chi connectivity index (χ2n) is 9.28. The number of amides is 4. The molecule has 8 heteroatoms. The number of nitrogens with zero attached hydrogens (tertiary/aromatic N) is 4. The van der Waals surface area contributed by atoms with E-state index in [4.69, 9.17) is 0 Å². The van der Waals surface area contributed by atoms with E-state index < -0.39 is 0 Å². The molecule has 4 amide bonds. The largest absolute Gasteiger partial charge is 0.292 e. The molecule has 4 fully saturated rings. The summed E-state index contributed by atoms with van der Waals surface area (Å²) < 4.78 is 0. The second kappa shape index (κ2) is 8.75. The minimum atomic E-state index is -0.380. The first-order chi connectivity index (χ1) is 15.5. The number of piperidine rings is 2. The fraction of sp³-hybridized carbons (Fsp3) is 0.583. The van der Waals surface area contributed by atoms with Crippen molar-refractivity contribution in [1.82, 2.24) is 9.80 Å². The van der Waals surface area contributed by atoms with Crippen molar-refractivity contribution in [1.29, 1.82) is 0 Å². The van der Waals surface area contributed by atoms with Crippen LogP contribution in [0, 0.1) is 0 Å². The highest BCUT2D eigenvalue weighted by Gasteiger charge is 2.44. The lowest BCUT2D eigenvalue weighted by Gasteiger charge is -2.30. The summed E-state index contributed by atoms with van der Waals surface area (Å²) in [7, 11) is 0. The number of anilines is 2. The van der Waals surface area contributed by atoms with Gasteiger partial charge in [0, 0.05) is 0 Å². The fourth-order valence-corrected chi connectivity index (χ4v) is 5.56. The summed E-state index contributed by atoms with van der Waals surface area (Å²) in [4.78, 5) is 58.1. The van der Waals surface area contributed by atoms with Gasteiger partial charge in [-0.25, -0.2) is 9.80 Å². The molecule has 4 saturated heterocycles. The molecule has 32 heavy (non-hydrogen) atoms. The molecule has 170 valence electrons. The van der Waals surface area contributed by atoms with Crippen molar-refractivity contribution >= 4 is 35.0 Å². The zero-order valence-electron chi connectivity index (χ0n) is 18.4. The molecule has 2 atom stereocenters. The third kappa shape index (κ3) is 3.75. The summed E-state index contributed by atoms with van der Waals surface area (Å²) in [5.74, 6) is -0.750. The third-order valence-corrected chi connectivity index (χ3v) is 7.27. The zero-order valence-corrected chi connectivity index (χ0v) is 18.4. The van der Waals surface area contributed by atoms with Gasteiger partial charge in [-0.05, 0) is 76.1 Å². The topological polar surface area (TPSA) is 81.2 Å². The molecule has 1 aromatic carbocycles. The molecule has 5 rings (SSSR count). The van der Waals surface area contributed by atoms with Crippen molar-refractivity contribution in [2.75, 3.05) is 36.0 Å². The van der Waals surface area contributed by atoms with Crippen LogP contribution in [0.4, 0.5) is 11.4 Å². The maximum absolute atomic E-state index is 13.0. The Labute approximate surface area is 188 Å². The van der Waals surface area contributed by atoms with Crippen molar-refractivity contribution in [2.24, 2.45) is 0 Å². The van der Waals surface area contributed by atoms with E-state index in [2.05, 4.69) is 9.80 Å². The predicted octanol–water partition coefficient (Wildman–Crippen LogP) is 1.92. The molecule has 0 radical (unpaired) electrons. The van der Waals surface area contributed by atoms with Crippen LogP contribution in [-0.4, -0.2) is 71.7 Å². The van der Waals surface area contributed by atoms with Gasteiger partial charge >= 0.3 is 0 Å². The van der Waals surface area contributed by atoms with E-state index in [0.717, 1.165) is 51.9 Å². The molecule has 8 nitrogen and oxygen atoms in total. The predicted molar refractivity (Wildman–Crippen MR) is 119 cm³/mol. The SMILES string of the molecule is O=C1CC(N2CCCCC2)C(=O)N1c1ccc(N2C(=O)CC(N3CCCCC3)C2=O)cc1. The lowest BCUT2D eigenvalue weighted by Crippen LogP contribution is -2.44. The number of benzene rings is 1. The Morgan fingerprint density at radius 3 is 1.22 bits per heavy atom. The van der Waals surface area contributed by atoms with Gasteiger partial charge in [0.1, 0.15) is 0 Å². The summed E-state index contributed by atoms with van der Waals surface area (Å²) in [6, 6.07) is 5.90. The maximum atomic E-state index is 13.0. The van der Waals surface area contributed by atoms with Crippen molar-refractivity contribution < 1.29 is 19.2 Å².